The molecule has 0 amide bonds. The van der Waals surface area contributed by atoms with Gasteiger partial charge in [-0.25, -0.2) is 0 Å². The zero-order chi connectivity index (χ0) is 17.9. The highest BCUT2D eigenvalue weighted by Gasteiger charge is 2.13. The van der Waals surface area contributed by atoms with E-state index in [1.165, 1.54) is 32.1 Å². The summed E-state index contributed by atoms with van der Waals surface area (Å²) in [7, 11) is 1.78. The summed E-state index contributed by atoms with van der Waals surface area (Å²) in [4.78, 5) is 8.60. The van der Waals surface area contributed by atoms with Crippen LogP contribution in [0.2, 0.25) is 0 Å². The van der Waals surface area contributed by atoms with E-state index in [0.29, 0.717) is 25.0 Å². The van der Waals surface area contributed by atoms with E-state index in [2.05, 4.69) is 39.6 Å². The molecule has 0 spiro atoms. The van der Waals surface area contributed by atoms with Crippen molar-refractivity contribution in [3.63, 3.8) is 0 Å². The number of hydrogen-bond acceptors (Lipinski definition) is 5. The Hall–Kier alpha value is -0.900. The molecule has 1 aromatic heterocycles. The molecule has 1 aliphatic rings. The van der Waals surface area contributed by atoms with E-state index in [4.69, 9.17) is 9.26 Å². The Morgan fingerprint density at radius 1 is 1.23 bits per heavy atom. The maximum Gasteiger partial charge on any atom is 0.228 e. The summed E-state index contributed by atoms with van der Waals surface area (Å²) in [6.07, 6.45) is 8.61. The van der Waals surface area contributed by atoms with Gasteiger partial charge in [0.15, 0.2) is 11.8 Å². The van der Waals surface area contributed by atoms with Crippen LogP contribution in [0.3, 0.4) is 0 Å². The molecule has 2 rings (SSSR count). The summed E-state index contributed by atoms with van der Waals surface area (Å²) < 4.78 is 11.2. The van der Waals surface area contributed by atoms with E-state index >= 15 is 0 Å². The normalized spacial score (nSPS) is 15.8. The summed E-state index contributed by atoms with van der Waals surface area (Å²) in [5, 5.41) is 10.5. The van der Waals surface area contributed by atoms with E-state index in [1.807, 2.05) is 0 Å². The quantitative estimate of drug-likeness (QED) is 0.245. The van der Waals surface area contributed by atoms with Gasteiger partial charge >= 0.3 is 0 Å². The topological polar surface area (TPSA) is 84.6 Å². The molecule has 0 aromatic carbocycles. The maximum absolute atomic E-state index is 5.93. The van der Waals surface area contributed by atoms with E-state index in [9.17, 15) is 0 Å². The molecule has 26 heavy (non-hydrogen) atoms. The van der Waals surface area contributed by atoms with Crippen molar-refractivity contribution in [1.82, 2.24) is 20.8 Å². The fourth-order valence-corrected chi connectivity index (χ4v) is 2.87. The van der Waals surface area contributed by atoms with Crippen LogP contribution in [0.1, 0.15) is 70.0 Å². The van der Waals surface area contributed by atoms with Crippen molar-refractivity contribution < 1.29 is 9.26 Å². The third-order valence-corrected chi connectivity index (χ3v) is 4.37. The third-order valence-electron chi connectivity index (χ3n) is 4.37. The van der Waals surface area contributed by atoms with Gasteiger partial charge in [-0.3, -0.25) is 4.99 Å². The molecule has 0 atom stereocenters. The largest absolute Gasteiger partial charge is 0.378 e. The predicted molar refractivity (Wildman–Crippen MR) is 114 cm³/mol. The van der Waals surface area contributed by atoms with Crippen molar-refractivity contribution >= 4 is 29.9 Å². The van der Waals surface area contributed by atoms with Crippen LogP contribution < -0.4 is 10.6 Å². The molecule has 0 unspecified atom stereocenters. The average Bonchev–Trinajstić information content (AvgIpc) is 3.10. The first-order valence-electron chi connectivity index (χ1n) is 9.57. The highest BCUT2D eigenvalue weighted by molar-refractivity contribution is 14.0. The van der Waals surface area contributed by atoms with Crippen molar-refractivity contribution in [2.24, 2.45) is 4.99 Å². The summed E-state index contributed by atoms with van der Waals surface area (Å²) in [6, 6.07) is 0. The van der Waals surface area contributed by atoms with Gasteiger partial charge in [-0.2, -0.15) is 4.98 Å². The fourth-order valence-electron chi connectivity index (χ4n) is 2.87. The van der Waals surface area contributed by atoms with E-state index in [0.717, 1.165) is 31.4 Å². The van der Waals surface area contributed by atoms with Crippen molar-refractivity contribution in [2.75, 3.05) is 26.7 Å². The van der Waals surface area contributed by atoms with Crippen LogP contribution in [0.4, 0.5) is 0 Å². The smallest absolute Gasteiger partial charge is 0.228 e. The van der Waals surface area contributed by atoms with Crippen LogP contribution in [0.15, 0.2) is 9.52 Å². The number of aliphatic imine (C=N–C) groups is 1. The monoisotopic (exact) mass is 479 g/mol. The lowest BCUT2D eigenvalue weighted by atomic mass is 9.98. The van der Waals surface area contributed by atoms with Crippen LogP contribution in [0.25, 0.3) is 0 Å². The molecule has 1 saturated carbocycles. The van der Waals surface area contributed by atoms with Gasteiger partial charge in [0.25, 0.3) is 0 Å². The van der Waals surface area contributed by atoms with Gasteiger partial charge in [0, 0.05) is 39.1 Å². The summed E-state index contributed by atoms with van der Waals surface area (Å²) in [6.45, 7) is 6.48. The number of nitrogens with zero attached hydrogens (tertiary/aromatic N) is 3. The lowest BCUT2D eigenvalue weighted by Crippen LogP contribution is -2.39. The van der Waals surface area contributed by atoms with Gasteiger partial charge in [0.1, 0.15) is 0 Å². The number of aromatic nitrogens is 2. The summed E-state index contributed by atoms with van der Waals surface area (Å²) in [5.41, 5.74) is 0. The first kappa shape index (κ1) is 23.1. The van der Waals surface area contributed by atoms with Gasteiger partial charge in [-0.05, 0) is 19.3 Å². The molecule has 1 fully saturated rings. The van der Waals surface area contributed by atoms with Crippen LogP contribution in [0.5, 0.6) is 0 Å². The second-order valence-corrected chi connectivity index (χ2v) is 6.86. The zero-order valence-corrected chi connectivity index (χ0v) is 18.6. The van der Waals surface area contributed by atoms with Crippen LogP contribution in [0, 0.1) is 0 Å². The van der Waals surface area contributed by atoms with E-state index in [-0.39, 0.29) is 29.9 Å². The number of hydrogen-bond donors (Lipinski definition) is 2. The number of rotatable bonds is 9. The SMILES string of the molecule is CN=C(NCCCOC1CCCCC1)NCCc1nc(C(C)C)no1.I. The lowest BCUT2D eigenvalue weighted by molar-refractivity contribution is 0.0277. The minimum Gasteiger partial charge on any atom is -0.378 e. The molecule has 1 aliphatic carbocycles. The molecule has 1 heterocycles. The molecule has 0 bridgehead atoms. The number of ether oxygens (including phenoxy) is 1. The Morgan fingerprint density at radius 3 is 2.62 bits per heavy atom. The molecule has 150 valence electrons. The molecule has 8 heteroatoms. The molecule has 7 nitrogen and oxygen atoms in total. The Labute approximate surface area is 174 Å². The number of guanidine groups is 1. The van der Waals surface area contributed by atoms with E-state index in [1.54, 1.807) is 7.05 Å². The first-order valence-corrected chi connectivity index (χ1v) is 9.57. The molecule has 0 saturated heterocycles. The zero-order valence-electron chi connectivity index (χ0n) is 16.3. The standard InChI is InChI=1S/C18H33N5O2.HI/c1-14(2)17-22-16(25-23-17)10-12-21-18(19-3)20-11-7-13-24-15-8-5-4-6-9-15;/h14-15H,4-13H2,1-3H3,(H2,19,20,21);1H. The van der Waals surface area contributed by atoms with E-state index < -0.39 is 0 Å². The van der Waals surface area contributed by atoms with Crippen LogP contribution in [-0.2, 0) is 11.2 Å². The van der Waals surface area contributed by atoms with Crippen LogP contribution in [-0.4, -0.2) is 48.9 Å². The van der Waals surface area contributed by atoms with Gasteiger partial charge in [0.05, 0.1) is 6.10 Å². The molecule has 1 aromatic rings. The minimum absolute atomic E-state index is 0. The minimum atomic E-state index is 0. The van der Waals surface area contributed by atoms with Crippen molar-refractivity contribution in [2.45, 2.75) is 70.8 Å². The van der Waals surface area contributed by atoms with Crippen molar-refractivity contribution in [3.05, 3.63) is 11.7 Å². The molecular formula is C18H34IN5O2. The van der Waals surface area contributed by atoms with Gasteiger partial charge < -0.3 is 19.9 Å². The predicted octanol–water partition coefficient (Wildman–Crippen LogP) is 3.26. The Bertz CT molecular complexity index is 515. The molecule has 2 N–H and O–H groups in total. The first-order chi connectivity index (χ1) is 12.2. The number of nitrogens with one attached hydrogen (secondary N) is 2. The fraction of sp³-hybridized carbons (Fsp3) is 0.833. The second-order valence-electron chi connectivity index (χ2n) is 6.86. The highest BCUT2D eigenvalue weighted by atomic mass is 127. The van der Waals surface area contributed by atoms with Crippen molar-refractivity contribution in [1.29, 1.82) is 0 Å². The van der Waals surface area contributed by atoms with Crippen molar-refractivity contribution in [3.8, 4) is 0 Å². The highest BCUT2D eigenvalue weighted by Crippen LogP contribution is 2.20. The molecular weight excluding hydrogens is 445 g/mol. The lowest BCUT2D eigenvalue weighted by Gasteiger charge is -2.22. The Balaban J connectivity index is 0.00000338. The molecule has 0 aliphatic heterocycles. The Morgan fingerprint density at radius 2 is 1.96 bits per heavy atom. The maximum atomic E-state index is 5.93. The van der Waals surface area contributed by atoms with Gasteiger partial charge in [-0.15, -0.1) is 24.0 Å². The average molecular weight is 479 g/mol. The second kappa shape index (κ2) is 13.3. The Kier molecular flexibility index (Phi) is 11.8. The summed E-state index contributed by atoms with van der Waals surface area (Å²) >= 11 is 0. The molecule has 0 radical (unpaired) electrons. The van der Waals surface area contributed by atoms with Gasteiger partial charge in [-0.1, -0.05) is 38.3 Å². The van der Waals surface area contributed by atoms with Gasteiger partial charge in [0.2, 0.25) is 5.89 Å². The number of halogens is 1. The summed E-state index contributed by atoms with van der Waals surface area (Å²) in [5.74, 6) is 2.50. The third kappa shape index (κ3) is 8.66. The van der Waals surface area contributed by atoms with Crippen LogP contribution >= 0.6 is 24.0 Å².